The number of hydrogen-bond donors (Lipinski definition) is 2. The minimum absolute atomic E-state index is 0.0761. The fourth-order valence-corrected chi connectivity index (χ4v) is 4.12. The molecule has 0 atom stereocenters. The van der Waals surface area contributed by atoms with E-state index in [1.165, 1.54) is 23.1 Å². The first kappa shape index (κ1) is 21.0. The Balaban J connectivity index is 1.42. The number of nitrogens with zero attached hydrogens (tertiary/aromatic N) is 2. The molecule has 0 aliphatic heterocycles. The van der Waals surface area contributed by atoms with E-state index in [1.807, 2.05) is 49.6 Å². The van der Waals surface area contributed by atoms with Crippen LogP contribution in [-0.2, 0) is 4.79 Å². The molecule has 2 amide bonds. The van der Waals surface area contributed by atoms with Crippen LogP contribution in [0.3, 0.4) is 0 Å². The Morgan fingerprint density at radius 3 is 2.45 bits per heavy atom. The second-order valence-corrected chi connectivity index (χ2v) is 8.30. The monoisotopic (exact) mass is 426 g/mol. The molecule has 2 aromatic heterocycles. The van der Waals surface area contributed by atoms with Gasteiger partial charge in [-0.15, -0.1) is 0 Å². The van der Waals surface area contributed by atoms with E-state index in [0.29, 0.717) is 30.1 Å². The van der Waals surface area contributed by atoms with Crippen molar-refractivity contribution in [1.29, 1.82) is 0 Å². The SMILES string of the molecule is Cc1cc(C)nc(Sc2ccc(NC(=O)CCCNC(=O)c3ccsc3)cc2)n1. The van der Waals surface area contributed by atoms with Crippen LogP contribution in [0.25, 0.3) is 0 Å². The average molecular weight is 427 g/mol. The van der Waals surface area contributed by atoms with Crippen molar-refractivity contribution >= 4 is 40.6 Å². The molecular weight excluding hydrogens is 404 g/mol. The lowest BCUT2D eigenvalue weighted by Crippen LogP contribution is -2.25. The van der Waals surface area contributed by atoms with E-state index in [1.54, 1.807) is 11.4 Å². The fourth-order valence-electron chi connectivity index (χ4n) is 2.62. The van der Waals surface area contributed by atoms with Gasteiger partial charge in [-0.1, -0.05) is 0 Å². The molecule has 0 bridgehead atoms. The first-order valence-corrected chi connectivity index (χ1v) is 11.0. The molecule has 0 unspecified atom stereocenters. The van der Waals surface area contributed by atoms with Crippen LogP contribution in [0, 0.1) is 13.8 Å². The van der Waals surface area contributed by atoms with Crippen LogP contribution >= 0.6 is 23.1 Å². The van der Waals surface area contributed by atoms with Crippen molar-refractivity contribution in [3.05, 3.63) is 64.1 Å². The quantitative estimate of drug-likeness (QED) is 0.411. The summed E-state index contributed by atoms with van der Waals surface area (Å²) < 4.78 is 0. The normalized spacial score (nSPS) is 10.6. The number of carbonyl (C=O) groups is 2. The van der Waals surface area contributed by atoms with Gasteiger partial charge >= 0.3 is 0 Å². The minimum Gasteiger partial charge on any atom is -0.352 e. The van der Waals surface area contributed by atoms with Gasteiger partial charge in [-0.3, -0.25) is 9.59 Å². The highest BCUT2D eigenvalue weighted by atomic mass is 32.2. The van der Waals surface area contributed by atoms with E-state index >= 15 is 0 Å². The summed E-state index contributed by atoms with van der Waals surface area (Å²) in [5.41, 5.74) is 3.28. The first-order chi connectivity index (χ1) is 14.0. The Morgan fingerprint density at radius 1 is 1.07 bits per heavy atom. The summed E-state index contributed by atoms with van der Waals surface area (Å²) in [5.74, 6) is -0.180. The highest BCUT2D eigenvalue weighted by Gasteiger charge is 2.07. The molecule has 0 spiro atoms. The number of aromatic nitrogens is 2. The molecule has 1 aromatic carbocycles. The zero-order valence-electron chi connectivity index (χ0n) is 16.3. The van der Waals surface area contributed by atoms with Gasteiger partial charge < -0.3 is 10.6 Å². The number of benzene rings is 1. The standard InChI is InChI=1S/C21H22N4O2S2/c1-14-12-15(2)24-21(23-14)29-18-7-5-17(6-8-18)25-19(26)4-3-10-22-20(27)16-9-11-28-13-16/h5-9,11-13H,3-4,10H2,1-2H3,(H,22,27)(H,25,26). The molecule has 0 saturated carbocycles. The number of nitrogens with one attached hydrogen (secondary N) is 2. The third kappa shape index (κ3) is 6.69. The van der Waals surface area contributed by atoms with Crippen molar-refractivity contribution in [2.75, 3.05) is 11.9 Å². The molecule has 3 aromatic rings. The molecule has 2 N–H and O–H groups in total. The summed E-state index contributed by atoms with van der Waals surface area (Å²) in [6, 6.07) is 11.3. The number of aryl methyl sites for hydroxylation is 2. The van der Waals surface area contributed by atoms with Gasteiger partial charge in [-0.2, -0.15) is 11.3 Å². The van der Waals surface area contributed by atoms with Crippen molar-refractivity contribution < 1.29 is 9.59 Å². The van der Waals surface area contributed by atoms with Crippen LogP contribution in [0.15, 0.2) is 57.2 Å². The molecule has 6 nitrogen and oxygen atoms in total. The summed E-state index contributed by atoms with van der Waals surface area (Å²) >= 11 is 2.97. The van der Waals surface area contributed by atoms with Crippen LogP contribution in [0.2, 0.25) is 0 Å². The molecule has 2 heterocycles. The Hall–Kier alpha value is -2.71. The van der Waals surface area contributed by atoms with Gasteiger partial charge in [0.25, 0.3) is 5.91 Å². The van der Waals surface area contributed by atoms with Gasteiger partial charge in [-0.05, 0) is 73.8 Å². The zero-order valence-corrected chi connectivity index (χ0v) is 17.9. The smallest absolute Gasteiger partial charge is 0.252 e. The summed E-state index contributed by atoms with van der Waals surface area (Å²) in [7, 11) is 0. The van der Waals surface area contributed by atoms with Crippen LogP contribution in [0.4, 0.5) is 5.69 Å². The van der Waals surface area contributed by atoms with Gasteiger partial charge in [0.15, 0.2) is 5.16 Å². The number of thiophene rings is 1. The number of amides is 2. The van der Waals surface area contributed by atoms with Crippen LogP contribution in [0.1, 0.15) is 34.6 Å². The van der Waals surface area contributed by atoms with E-state index in [4.69, 9.17) is 0 Å². The van der Waals surface area contributed by atoms with Gasteiger partial charge in [0, 0.05) is 45.9 Å². The highest BCUT2D eigenvalue weighted by molar-refractivity contribution is 7.99. The average Bonchev–Trinajstić information content (AvgIpc) is 3.21. The lowest BCUT2D eigenvalue weighted by Gasteiger charge is -2.07. The Labute approximate surface area is 178 Å². The van der Waals surface area contributed by atoms with Crippen LogP contribution < -0.4 is 10.6 Å². The minimum atomic E-state index is -0.104. The van der Waals surface area contributed by atoms with Crippen molar-refractivity contribution in [2.45, 2.75) is 36.7 Å². The second-order valence-electron chi connectivity index (χ2n) is 6.48. The van der Waals surface area contributed by atoms with Gasteiger partial charge in [0.2, 0.25) is 5.91 Å². The fraction of sp³-hybridized carbons (Fsp3) is 0.238. The molecule has 3 rings (SSSR count). The van der Waals surface area contributed by atoms with Gasteiger partial charge in [0.1, 0.15) is 0 Å². The maximum absolute atomic E-state index is 12.1. The topological polar surface area (TPSA) is 84.0 Å². The summed E-state index contributed by atoms with van der Waals surface area (Å²) in [4.78, 5) is 33.8. The van der Waals surface area contributed by atoms with Crippen LogP contribution in [0.5, 0.6) is 0 Å². The van der Waals surface area contributed by atoms with E-state index in [-0.39, 0.29) is 11.8 Å². The molecule has 8 heteroatoms. The third-order valence-electron chi connectivity index (χ3n) is 3.96. The molecule has 29 heavy (non-hydrogen) atoms. The number of hydrogen-bond acceptors (Lipinski definition) is 6. The maximum Gasteiger partial charge on any atom is 0.252 e. The van der Waals surface area contributed by atoms with Gasteiger partial charge in [0.05, 0.1) is 0 Å². The summed E-state index contributed by atoms with van der Waals surface area (Å²) in [6.07, 6.45) is 0.927. The van der Waals surface area contributed by atoms with Crippen molar-refractivity contribution in [2.24, 2.45) is 0 Å². The van der Waals surface area contributed by atoms with Crippen molar-refractivity contribution in [1.82, 2.24) is 15.3 Å². The van der Waals surface area contributed by atoms with E-state index in [0.717, 1.165) is 22.0 Å². The highest BCUT2D eigenvalue weighted by Crippen LogP contribution is 2.26. The molecule has 0 fully saturated rings. The maximum atomic E-state index is 12.1. The molecule has 0 radical (unpaired) electrons. The number of anilines is 1. The third-order valence-corrected chi connectivity index (χ3v) is 5.51. The Kier molecular flexibility index (Phi) is 7.37. The van der Waals surface area contributed by atoms with E-state index in [2.05, 4.69) is 20.6 Å². The second kappa shape index (κ2) is 10.2. The largest absolute Gasteiger partial charge is 0.352 e. The van der Waals surface area contributed by atoms with Gasteiger partial charge in [-0.25, -0.2) is 9.97 Å². The Morgan fingerprint density at radius 2 is 1.79 bits per heavy atom. The predicted molar refractivity (Wildman–Crippen MR) is 117 cm³/mol. The van der Waals surface area contributed by atoms with Crippen LogP contribution in [-0.4, -0.2) is 28.3 Å². The summed E-state index contributed by atoms with van der Waals surface area (Å²) in [6.45, 7) is 4.36. The number of rotatable bonds is 8. The van der Waals surface area contributed by atoms with Crippen molar-refractivity contribution in [3.63, 3.8) is 0 Å². The summed E-state index contributed by atoms with van der Waals surface area (Å²) in [5, 5.41) is 10.1. The first-order valence-electron chi connectivity index (χ1n) is 9.20. The molecule has 150 valence electrons. The lowest BCUT2D eigenvalue weighted by molar-refractivity contribution is -0.116. The molecule has 0 aliphatic carbocycles. The number of carbonyl (C=O) groups excluding carboxylic acids is 2. The Bertz CT molecular complexity index is 953. The molecule has 0 saturated heterocycles. The molecular formula is C21H22N4O2S2. The lowest BCUT2D eigenvalue weighted by atomic mass is 10.2. The van der Waals surface area contributed by atoms with E-state index in [9.17, 15) is 9.59 Å². The zero-order chi connectivity index (χ0) is 20.6. The molecule has 0 aliphatic rings. The van der Waals surface area contributed by atoms with E-state index < -0.39 is 0 Å². The predicted octanol–water partition coefficient (Wildman–Crippen LogP) is 4.45. The van der Waals surface area contributed by atoms with Crippen molar-refractivity contribution in [3.8, 4) is 0 Å².